The number of amides is 1. The number of aromatic carboxylic acids is 1. The van der Waals surface area contributed by atoms with Gasteiger partial charge in [-0.1, -0.05) is 48.5 Å². The number of hydrogen-bond acceptors (Lipinski definition) is 2. The molecular formula is C23H21NO3. The van der Waals surface area contributed by atoms with Crippen LogP contribution in [0.5, 0.6) is 0 Å². The number of rotatable bonds is 6. The minimum absolute atomic E-state index is 0.0823. The summed E-state index contributed by atoms with van der Waals surface area (Å²) in [6.07, 6.45) is 1.62. The summed E-state index contributed by atoms with van der Waals surface area (Å²) in [6, 6.07) is 22.1. The summed E-state index contributed by atoms with van der Waals surface area (Å²) in [5.41, 5.74) is 4.36. The van der Waals surface area contributed by atoms with E-state index in [4.69, 9.17) is 0 Å². The van der Waals surface area contributed by atoms with Crippen molar-refractivity contribution >= 4 is 17.6 Å². The number of carbonyl (C=O) groups excluding carboxylic acids is 1. The van der Waals surface area contributed by atoms with E-state index in [0.29, 0.717) is 11.3 Å². The van der Waals surface area contributed by atoms with Gasteiger partial charge in [0.05, 0.1) is 11.3 Å². The average molecular weight is 359 g/mol. The van der Waals surface area contributed by atoms with Gasteiger partial charge in [-0.15, -0.1) is 0 Å². The van der Waals surface area contributed by atoms with Crippen LogP contribution in [0.3, 0.4) is 0 Å². The molecule has 27 heavy (non-hydrogen) atoms. The monoisotopic (exact) mass is 359 g/mol. The van der Waals surface area contributed by atoms with E-state index in [1.165, 1.54) is 11.1 Å². The molecule has 0 aliphatic carbocycles. The maximum absolute atomic E-state index is 12.4. The summed E-state index contributed by atoms with van der Waals surface area (Å²) in [4.78, 5) is 23.9. The predicted octanol–water partition coefficient (Wildman–Crippen LogP) is 4.73. The third-order valence-electron chi connectivity index (χ3n) is 4.54. The van der Waals surface area contributed by atoms with Gasteiger partial charge in [0.2, 0.25) is 0 Å². The molecule has 0 aliphatic heterocycles. The number of carboxylic acid groups (broad SMARTS) is 1. The molecule has 0 heterocycles. The molecule has 0 fully saturated rings. The number of carboxylic acids is 1. The SMILES string of the molecule is Cc1ccccc1CCc1ccc(C(=O)O)c(NC(=O)c2ccccc2)c1. The standard InChI is InChI=1S/C23H21NO3/c1-16-7-5-6-8-18(16)13-11-17-12-14-20(23(26)27)21(15-17)24-22(25)19-9-3-2-4-10-19/h2-10,12,14-15H,11,13H2,1H3,(H,24,25)(H,26,27). The van der Waals surface area contributed by atoms with Crippen molar-refractivity contribution in [2.75, 3.05) is 5.32 Å². The van der Waals surface area contributed by atoms with Gasteiger partial charge in [-0.3, -0.25) is 4.79 Å². The Labute approximate surface area is 158 Å². The summed E-state index contributed by atoms with van der Waals surface area (Å²) in [5, 5.41) is 12.2. The van der Waals surface area contributed by atoms with Gasteiger partial charge >= 0.3 is 5.97 Å². The molecule has 4 heteroatoms. The Morgan fingerprint density at radius 3 is 2.30 bits per heavy atom. The molecule has 2 N–H and O–H groups in total. The van der Waals surface area contributed by atoms with Crippen LogP contribution >= 0.6 is 0 Å². The molecule has 3 aromatic rings. The van der Waals surface area contributed by atoms with E-state index < -0.39 is 5.97 Å². The van der Waals surface area contributed by atoms with Crippen LogP contribution in [-0.4, -0.2) is 17.0 Å². The summed E-state index contributed by atoms with van der Waals surface area (Å²) in [6.45, 7) is 2.08. The lowest BCUT2D eigenvalue weighted by molar-refractivity contribution is 0.0698. The lowest BCUT2D eigenvalue weighted by Gasteiger charge is -2.12. The zero-order chi connectivity index (χ0) is 19.2. The van der Waals surface area contributed by atoms with Crippen molar-refractivity contribution in [1.29, 1.82) is 0 Å². The second kappa shape index (κ2) is 8.32. The van der Waals surface area contributed by atoms with Crippen LogP contribution < -0.4 is 5.32 Å². The van der Waals surface area contributed by atoms with E-state index >= 15 is 0 Å². The van der Waals surface area contributed by atoms with Crippen LogP contribution in [0.15, 0.2) is 72.8 Å². The molecule has 3 aromatic carbocycles. The quantitative estimate of drug-likeness (QED) is 0.668. The first-order valence-electron chi connectivity index (χ1n) is 8.82. The Balaban J connectivity index is 1.81. The van der Waals surface area contributed by atoms with Gasteiger partial charge in [0.25, 0.3) is 5.91 Å². The second-order valence-electron chi connectivity index (χ2n) is 6.43. The number of anilines is 1. The maximum atomic E-state index is 12.4. The molecule has 0 saturated heterocycles. The van der Waals surface area contributed by atoms with Crippen LogP contribution in [0.2, 0.25) is 0 Å². The maximum Gasteiger partial charge on any atom is 0.337 e. The van der Waals surface area contributed by atoms with Gasteiger partial charge in [0.1, 0.15) is 0 Å². The fraction of sp³-hybridized carbons (Fsp3) is 0.130. The van der Waals surface area contributed by atoms with Crippen molar-refractivity contribution in [3.05, 3.63) is 101 Å². The molecule has 0 aliphatic rings. The molecule has 0 aromatic heterocycles. The molecule has 0 spiro atoms. The minimum atomic E-state index is -1.07. The molecular weight excluding hydrogens is 338 g/mol. The van der Waals surface area contributed by atoms with Gasteiger partial charge < -0.3 is 10.4 Å². The zero-order valence-corrected chi connectivity index (χ0v) is 15.1. The van der Waals surface area contributed by atoms with Crippen molar-refractivity contribution in [3.63, 3.8) is 0 Å². The molecule has 3 rings (SSSR count). The molecule has 0 atom stereocenters. The van der Waals surface area contributed by atoms with Crippen molar-refractivity contribution < 1.29 is 14.7 Å². The Bertz CT molecular complexity index is 964. The predicted molar refractivity (Wildman–Crippen MR) is 106 cm³/mol. The van der Waals surface area contributed by atoms with Crippen LogP contribution in [-0.2, 0) is 12.8 Å². The lowest BCUT2D eigenvalue weighted by Crippen LogP contribution is -2.15. The zero-order valence-electron chi connectivity index (χ0n) is 15.1. The summed E-state index contributed by atoms with van der Waals surface area (Å²) < 4.78 is 0. The molecule has 1 amide bonds. The van der Waals surface area contributed by atoms with Gasteiger partial charge in [0, 0.05) is 5.56 Å². The van der Waals surface area contributed by atoms with Crippen molar-refractivity contribution in [2.24, 2.45) is 0 Å². The van der Waals surface area contributed by atoms with E-state index in [1.54, 1.807) is 42.5 Å². The smallest absolute Gasteiger partial charge is 0.337 e. The highest BCUT2D eigenvalue weighted by molar-refractivity contribution is 6.07. The summed E-state index contributed by atoms with van der Waals surface area (Å²) >= 11 is 0. The van der Waals surface area contributed by atoms with Gasteiger partial charge in [-0.05, 0) is 60.7 Å². The van der Waals surface area contributed by atoms with E-state index in [-0.39, 0.29) is 11.5 Å². The summed E-state index contributed by atoms with van der Waals surface area (Å²) in [5.74, 6) is -1.39. The highest BCUT2D eigenvalue weighted by Crippen LogP contribution is 2.21. The Hall–Kier alpha value is -3.40. The fourth-order valence-corrected chi connectivity index (χ4v) is 2.99. The van der Waals surface area contributed by atoms with Gasteiger partial charge in [-0.2, -0.15) is 0 Å². The van der Waals surface area contributed by atoms with Crippen molar-refractivity contribution in [2.45, 2.75) is 19.8 Å². The van der Waals surface area contributed by atoms with E-state index in [1.807, 2.05) is 18.2 Å². The third-order valence-corrected chi connectivity index (χ3v) is 4.54. The normalized spacial score (nSPS) is 10.4. The lowest BCUT2D eigenvalue weighted by atomic mass is 9.99. The minimum Gasteiger partial charge on any atom is -0.478 e. The number of benzene rings is 3. The fourth-order valence-electron chi connectivity index (χ4n) is 2.99. The molecule has 136 valence electrons. The van der Waals surface area contributed by atoms with E-state index in [2.05, 4.69) is 24.4 Å². The first kappa shape index (κ1) is 18.4. The molecule has 0 saturated carbocycles. The topological polar surface area (TPSA) is 66.4 Å². The number of nitrogens with one attached hydrogen (secondary N) is 1. The second-order valence-corrected chi connectivity index (χ2v) is 6.43. The third kappa shape index (κ3) is 4.61. The van der Waals surface area contributed by atoms with Crippen LogP contribution in [0.4, 0.5) is 5.69 Å². The molecule has 0 unspecified atom stereocenters. The van der Waals surface area contributed by atoms with Crippen molar-refractivity contribution in [3.8, 4) is 0 Å². The summed E-state index contributed by atoms with van der Waals surface area (Å²) in [7, 11) is 0. The highest BCUT2D eigenvalue weighted by Gasteiger charge is 2.14. The van der Waals surface area contributed by atoms with Crippen LogP contribution in [0.25, 0.3) is 0 Å². The molecule has 0 radical (unpaired) electrons. The number of carbonyl (C=O) groups is 2. The molecule has 0 bridgehead atoms. The largest absolute Gasteiger partial charge is 0.478 e. The number of aryl methyl sites for hydroxylation is 3. The Morgan fingerprint density at radius 2 is 1.59 bits per heavy atom. The van der Waals surface area contributed by atoms with Gasteiger partial charge in [-0.25, -0.2) is 4.79 Å². The van der Waals surface area contributed by atoms with Crippen LogP contribution in [0, 0.1) is 6.92 Å². The van der Waals surface area contributed by atoms with Crippen molar-refractivity contribution in [1.82, 2.24) is 0 Å². The van der Waals surface area contributed by atoms with Gasteiger partial charge in [0.15, 0.2) is 0 Å². The van der Waals surface area contributed by atoms with Crippen LogP contribution in [0.1, 0.15) is 37.4 Å². The highest BCUT2D eigenvalue weighted by atomic mass is 16.4. The number of hydrogen-bond donors (Lipinski definition) is 2. The Kier molecular flexibility index (Phi) is 5.67. The first-order valence-corrected chi connectivity index (χ1v) is 8.82. The van der Waals surface area contributed by atoms with E-state index in [9.17, 15) is 14.7 Å². The average Bonchev–Trinajstić information content (AvgIpc) is 2.68. The molecule has 4 nitrogen and oxygen atoms in total. The first-order chi connectivity index (χ1) is 13.0. The Morgan fingerprint density at radius 1 is 0.889 bits per heavy atom. The van der Waals surface area contributed by atoms with E-state index in [0.717, 1.165) is 18.4 Å².